The fraction of sp³-hybridized carbons (Fsp3) is 0.467. The summed E-state index contributed by atoms with van der Waals surface area (Å²) in [6, 6.07) is 18.4. The molecule has 1 atom stereocenters. The van der Waals surface area contributed by atoms with Gasteiger partial charge in [0.1, 0.15) is 11.8 Å². The predicted octanol–water partition coefficient (Wildman–Crippen LogP) is 3.81. The minimum atomic E-state index is -0.344. The number of pyridine rings is 1. The van der Waals surface area contributed by atoms with Crippen molar-refractivity contribution in [3.63, 3.8) is 0 Å². The van der Waals surface area contributed by atoms with Gasteiger partial charge < -0.3 is 9.72 Å². The molecule has 0 radical (unpaired) electrons. The minimum Gasteiger partial charge on any atom is -0.497 e. The Hall–Kier alpha value is -3.56. The highest BCUT2D eigenvalue weighted by molar-refractivity contribution is 5.80. The Morgan fingerprint density at radius 3 is 2.56 bits per heavy atom. The number of rotatable bonds is 8. The molecular weight excluding hydrogens is 490 g/mol. The Morgan fingerprint density at radius 2 is 1.79 bits per heavy atom. The molecule has 0 spiro atoms. The van der Waals surface area contributed by atoms with Gasteiger partial charge in [0.2, 0.25) is 0 Å². The van der Waals surface area contributed by atoms with Crippen molar-refractivity contribution in [1.82, 2.24) is 35.0 Å². The van der Waals surface area contributed by atoms with Crippen LogP contribution in [0.2, 0.25) is 0 Å². The predicted molar refractivity (Wildman–Crippen MR) is 151 cm³/mol. The van der Waals surface area contributed by atoms with Crippen LogP contribution in [0, 0.1) is 0 Å². The van der Waals surface area contributed by atoms with E-state index in [2.05, 4.69) is 42.4 Å². The third-order valence-corrected chi connectivity index (χ3v) is 8.44. The summed E-state index contributed by atoms with van der Waals surface area (Å²) in [5, 5.41) is 13.9. The number of ether oxygens (including phenoxy) is 1. The first-order valence-electron chi connectivity index (χ1n) is 14.2. The van der Waals surface area contributed by atoms with E-state index in [9.17, 15) is 4.79 Å². The van der Waals surface area contributed by atoms with E-state index in [0.717, 1.165) is 49.3 Å². The Kier molecular flexibility index (Phi) is 7.69. The van der Waals surface area contributed by atoms with Crippen LogP contribution in [0.4, 0.5) is 0 Å². The summed E-state index contributed by atoms with van der Waals surface area (Å²) in [6.45, 7) is 4.35. The van der Waals surface area contributed by atoms with Crippen LogP contribution >= 0.6 is 0 Å². The highest BCUT2D eigenvalue weighted by atomic mass is 16.5. The van der Waals surface area contributed by atoms with Gasteiger partial charge in [0.25, 0.3) is 5.56 Å². The van der Waals surface area contributed by atoms with Gasteiger partial charge in [-0.15, -0.1) is 5.10 Å². The van der Waals surface area contributed by atoms with Crippen molar-refractivity contribution in [1.29, 1.82) is 0 Å². The summed E-state index contributed by atoms with van der Waals surface area (Å²) in [6.07, 6.45) is 7.44. The molecule has 0 bridgehead atoms. The summed E-state index contributed by atoms with van der Waals surface area (Å²) >= 11 is 0. The molecule has 2 aromatic heterocycles. The number of aromatic amines is 1. The number of tetrazole rings is 1. The highest BCUT2D eigenvalue weighted by Gasteiger charge is 2.34. The topological polar surface area (TPSA) is 92.2 Å². The van der Waals surface area contributed by atoms with Gasteiger partial charge in [-0.3, -0.25) is 14.6 Å². The number of fused-ring (bicyclic) bond motifs is 1. The fourth-order valence-corrected chi connectivity index (χ4v) is 6.28. The molecule has 204 valence electrons. The zero-order valence-corrected chi connectivity index (χ0v) is 22.6. The SMILES string of the molecule is COc1ccc2[nH]c(=O)c([C@@H](c3nnnn3CCc3ccccc3)N3CCN(C4CCCCC4)CC3)cc2c1. The third kappa shape index (κ3) is 5.60. The number of methoxy groups -OCH3 is 1. The smallest absolute Gasteiger partial charge is 0.253 e. The van der Waals surface area contributed by atoms with Crippen LogP contribution in [0.5, 0.6) is 5.75 Å². The lowest BCUT2D eigenvalue weighted by atomic mass is 9.93. The van der Waals surface area contributed by atoms with Crippen molar-refractivity contribution in [3.8, 4) is 5.75 Å². The van der Waals surface area contributed by atoms with E-state index in [1.54, 1.807) is 7.11 Å². The van der Waals surface area contributed by atoms with E-state index < -0.39 is 0 Å². The minimum absolute atomic E-state index is 0.106. The Bertz CT molecular complexity index is 1440. The van der Waals surface area contributed by atoms with Gasteiger partial charge in [-0.2, -0.15) is 0 Å². The van der Waals surface area contributed by atoms with Gasteiger partial charge in [-0.1, -0.05) is 49.6 Å². The molecule has 2 fully saturated rings. The van der Waals surface area contributed by atoms with Crippen molar-refractivity contribution < 1.29 is 4.74 Å². The molecular formula is C30H37N7O2. The van der Waals surface area contributed by atoms with Crippen molar-refractivity contribution in [2.45, 2.75) is 57.2 Å². The van der Waals surface area contributed by atoms with Gasteiger partial charge in [-0.25, -0.2) is 4.68 Å². The van der Waals surface area contributed by atoms with E-state index in [1.165, 1.54) is 37.7 Å². The van der Waals surface area contributed by atoms with Crippen molar-refractivity contribution in [2.24, 2.45) is 0 Å². The van der Waals surface area contributed by atoms with Crippen molar-refractivity contribution in [3.05, 3.63) is 81.9 Å². The Labute approximate surface area is 228 Å². The normalized spacial score (nSPS) is 18.4. The van der Waals surface area contributed by atoms with Crippen LogP contribution in [0.3, 0.4) is 0 Å². The molecule has 0 amide bonds. The molecule has 1 aliphatic heterocycles. The molecule has 4 aromatic rings. The molecule has 2 aromatic carbocycles. The van der Waals surface area contributed by atoms with Gasteiger partial charge in [0.15, 0.2) is 5.82 Å². The number of piperazine rings is 1. The molecule has 39 heavy (non-hydrogen) atoms. The van der Waals surface area contributed by atoms with E-state index in [1.807, 2.05) is 47.1 Å². The number of benzene rings is 2. The molecule has 9 heteroatoms. The van der Waals surface area contributed by atoms with Gasteiger partial charge >= 0.3 is 0 Å². The molecule has 2 aliphatic rings. The summed E-state index contributed by atoms with van der Waals surface area (Å²) in [5.74, 6) is 1.47. The lowest BCUT2D eigenvalue weighted by molar-refractivity contribution is 0.0617. The van der Waals surface area contributed by atoms with Crippen LogP contribution in [0.15, 0.2) is 59.4 Å². The molecule has 1 aliphatic carbocycles. The molecule has 1 saturated heterocycles. The van der Waals surface area contributed by atoms with E-state index in [-0.39, 0.29) is 11.6 Å². The number of hydrogen-bond donors (Lipinski definition) is 1. The van der Waals surface area contributed by atoms with E-state index >= 15 is 0 Å². The van der Waals surface area contributed by atoms with Crippen LogP contribution in [0.1, 0.15) is 55.1 Å². The second-order valence-electron chi connectivity index (χ2n) is 10.8. The first-order chi connectivity index (χ1) is 19.2. The lowest BCUT2D eigenvalue weighted by Gasteiger charge is -2.43. The maximum absolute atomic E-state index is 13.6. The Balaban J connectivity index is 1.34. The Morgan fingerprint density at radius 1 is 1.00 bits per heavy atom. The highest BCUT2D eigenvalue weighted by Crippen LogP contribution is 2.30. The van der Waals surface area contributed by atoms with E-state index in [0.29, 0.717) is 24.0 Å². The maximum atomic E-state index is 13.6. The second kappa shape index (κ2) is 11.7. The van der Waals surface area contributed by atoms with Gasteiger partial charge in [0, 0.05) is 55.2 Å². The number of aryl methyl sites for hydroxylation is 2. The standard InChI is InChI=1S/C30H37N7O2/c1-39-25-12-13-27-23(20-25)21-26(30(38)31-27)28(36-18-16-35(17-19-36)24-10-6-3-7-11-24)29-32-33-34-37(29)15-14-22-8-4-2-5-9-22/h2,4-5,8-9,12-13,20-21,24,28H,3,6-7,10-11,14-19H2,1H3,(H,31,38)/t28-/m0/s1. The van der Waals surface area contributed by atoms with E-state index in [4.69, 9.17) is 4.74 Å². The monoisotopic (exact) mass is 527 g/mol. The number of hydrogen-bond acceptors (Lipinski definition) is 7. The van der Waals surface area contributed by atoms with Crippen LogP contribution in [-0.2, 0) is 13.0 Å². The average molecular weight is 528 g/mol. The van der Waals surface area contributed by atoms with Gasteiger partial charge in [0.05, 0.1) is 7.11 Å². The molecule has 3 heterocycles. The van der Waals surface area contributed by atoms with Gasteiger partial charge in [-0.05, 0) is 59.5 Å². The second-order valence-corrected chi connectivity index (χ2v) is 10.8. The summed E-state index contributed by atoms with van der Waals surface area (Å²) in [7, 11) is 1.66. The number of aromatic nitrogens is 5. The van der Waals surface area contributed by atoms with Crippen LogP contribution in [0.25, 0.3) is 10.9 Å². The third-order valence-electron chi connectivity index (χ3n) is 8.44. The molecule has 0 unspecified atom stereocenters. The van der Waals surface area contributed by atoms with Crippen molar-refractivity contribution in [2.75, 3.05) is 33.3 Å². The largest absolute Gasteiger partial charge is 0.497 e. The lowest BCUT2D eigenvalue weighted by Crippen LogP contribution is -2.52. The zero-order valence-electron chi connectivity index (χ0n) is 22.6. The fourth-order valence-electron chi connectivity index (χ4n) is 6.28. The summed E-state index contributed by atoms with van der Waals surface area (Å²) < 4.78 is 7.33. The zero-order chi connectivity index (χ0) is 26.6. The van der Waals surface area contributed by atoms with Crippen LogP contribution in [-0.4, -0.2) is 74.3 Å². The number of H-pyrrole nitrogens is 1. The number of nitrogens with zero attached hydrogens (tertiary/aromatic N) is 6. The maximum Gasteiger partial charge on any atom is 0.253 e. The first-order valence-corrected chi connectivity index (χ1v) is 14.2. The first kappa shape index (κ1) is 25.7. The van der Waals surface area contributed by atoms with Crippen LogP contribution < -0.4 is 10.3 Å². The number of nitrogens with one attached hydrogen (secondary N) is 1. The summed E-state index contributed by atoms with van der Waals surface area (Å²) in [5.41, 5.74) is 2.57. The quantitative estimate of drug-likeness (QED) is 0.373. The summed E-state index contributed by atoms with van der Waals surface area (Å²) in [4.78, 5) is 21.7. The average Bonchev–Trinajstić information content (AvgIpc) is 3.45. The molecule has 1 N–H and O–H groups in total. The molecule has 9 nitrogen and oxygen atoms in total. The van der Waals surface area contributed by atoms with Crippen molar-refractivity contribution >= 4 is 10.9 Å². The molecule has 1 saturated carbocycles. The molecule has 6 rings (SSSR count).